The van der Waals surface area contributed by atoms with Gasteiger partial charge in [-0.3, -0.25) is 0 Å². The van der Waals surface area contributed by atoms with Crippen molar-refractivity contribution in [3.8, 4) is 17.1 Å². The van der Waals surface area contributed by atoms with Gasteiger partial charge in [0, 0.05) is 16.3 Å². The molecule has 5 rings (SSSR count). The lowest BCUT2D eigenvalue weighted by molar-refractivity contribution is 0.460. The number of nitrogens with one attached hydrogen (secondary N) is 1. The number of aromatic amines is 1. The van der Waals surface area contributed by atoms with Gasteiger partial charge in [0.15, 0.2) is 5.88 Å². The second-order valence-corrected chi connectivity index (χ2v) is 6.79. The van der Waals surface area contributed by atoms with Crippen molar-refractivity contribution in [3.05, 3.63) is 96.1 Å². The minimum Gasteiger partial charge on any atom is -0.494 e. The van der Waals surface area contributed by atoms with Crippen molar-refractivity contribution in [1.82, 2.24) is 9.97 Å². The summed E-state index contributed by atoms with van der Waals surface area (Å²) in [4.78, 5) is 7.82. The second kappa shape index (κ2) is 6.71. The second-order valence-electron chi connectivity index (χ2n) is 6.79. The third-order valence-electron chi connectivity index (χ3n) is 4.93. The number of fused-ring (bicyclic) bond motifs is 2. The van der Waals surface area contributed by atoms with E-state index in [0.29, 0.717) is 0 Å². The molecule has 0 amide bonds. The number of pyridine rings is 1. The van der Waals surface area contributed by atoms with Crippen molar-refractivity contribution >= 4 is 34.0 Å². The number of nitrogens with zero attached hydrogens (tertiary/aromatic N) is 1. The molecule has 3 aromatic carbocycles. The van der Waals surface area contributed by atoms with Crippen molar-refractivity contribution in [2.75, 3.05) is 0 Å². The van der Waals surface area contributed by atoms with Crippen molar-refractivity contribution < 1.29 is 5.11 Å². The van der Waals surface area contributed by atoms with E-state index in [1.807, 2.05) is 66.7 Å². The number of hydrogen-bond acceptors (Lipinski definition) is 2. The molecule has 0 saturated carbocycles. The van der Waals surface area contributed by atoms with E-state index in [1.165, 1.54) is 0 Å². The van der Waals surface area contributed by atoms with Crippen molar-refractivity contribution in [2.24, 2.45) is 0 Å². The first-order valence-corrected chi connectivity index (χ1v) is 9.22. The molecule has 5 aromatic rings. The Labute approximate surface area is 162 Å². The molecule has 0 fully saturated rings. The van der Waals surface area contributed by atoms with Gasteiger partial charge in [-0.05, 0) is 35.4 Å². The van der Waals surface area contributed by atoms with Gasteiger partial charge in [-0.1, -0.05) is 72.8 Å². The summed E-state index contributed by atoms with van der Waals surface area (Å²) in [5, 5.41) is 12.6. The normalized spacial score (nSPS) is 11.6. The molecule has 0 radical (unpaired) electrons. The molecule has 0 spiro atoms. The van der Waals surface area contributed by atoms with E-state index >= 15 is 0 Å². The Morgan fingerprint density at radius 3 is 2.43 bits per heavy atom. The van der Waals surface area contributed by atoms with Crippen LogP contribution >= 0.6 is 0 Å². The Kier molecular flexibility index (Phi) is 3.91. The Balaban J connectivity index is 1.62. The van der Waals surface area contributed by atoms with Crippen LogP contribution in [0.4, 0.5) is 0 Å². The molecule has 2 N–H and O–H groups in total. The van der Waals surface area contributed by atoms with Gasteiger partial charge in [0.25, 0.3) is 0 Å². The van der Waals surface area contributed by atoms with E-state index in [2.05, 4.69) is 35.3 Å². The number of para-hydroxylation sites is 1. The van der Waals surface area contributed by atoms with Gasteiger partial charge in [-0.2, -0.15) is 0 Å². The fourth-order valence-electron chi connectivity index (χ4n) is 3.52. The molecule has 0 unspecified atom stereocenters. The predicted molar refractivity (Wildman–Crippen MR) is 116 cm³/mol. The van der Waals surface area contributed by atoms with E-state index < -0.39 is 0 Å². The summed E-state index contributed by atoms with van der Waals surface area (Å²) in [6.45, 7) is 0. The average molecular weight is 362 g/mol. The van der Waals surface area contributed by atoms with Crippen molar-refractivity contribution in [2.45, 2.75) is 0 Å². The molecule has 3 heteroatoms. The molecule has 0 atom stereocenters. The van der Waals surface area contributed by atoms with Crippen LogP contribution in [-0.2, 0) is 0 Å². The summed E-state index contributed by atoms with van der Waals surface area (Å²) in [6.07, 6.45) is 4.16. The smallest absolute Gasteiger partial charge is 0.199 e. The summed E-state index contributed by atoms with van der Waals surface area (Å²) in [5.74, 6) is 0.141. The van der Waals surface area contributed by atoms with Crippen LogP contribution in [0.3, 0.4) is 0 Å². The van der Waals surface area contributed by atoms with Crippen LogP contribution in [0.5, 0.6) is 5.88 Å². The predicted octanol–water partition coefficient (Wildman–Crippen LogP) is 6.26. The molecule has 0 aliphatic carbocycles. The van der Waals surface area contributed by atoms with Gasteiger partial charge in [0.05, 0.1) is 16.8 Å². The van der Waals surface area contributed by atoms with Crippen LogP contribution in [0.2, 0.25) is 0 Å². The van der Waals surface area contributed by atoms with Gasteiger partial charge in [0.1, 0.15) is 0 Å². The van der Waals surface area contributed by atoms with Gasteiger partial charge in [0.2, 0.25) is 0 Å². The largest absolute Gasteiger partial charge is 0.494 e. The minimum absolute atomic E-state index is 0.141. The Bertz CT molecular complexity index is 1320. The molecule has 3 nitrogen and oxygen atoms in total. The lowest BCUT2D eigenvalue weighted by Gasteiger charge is -2.03. The lowest BCUT2D eigenvalue weighted by Crippen LogP contribution is -1.85. The molecular weight excluding hydrogens is 344 g/mol. The highest BCUT2D eigenvalue weighted by Gasteiger charge is 2.14. The molecular formula is C25H18N2O. The first-order chi connectivity index (χ1) is 13.8. The van der Waals surface area contributed by atoms with E-state index in [4.69, 9.17) is 4.98 Å². The number of aromatic nitrogens is 2. The molecule has 134 valence electrons. The van der Waals surface area contributed by atoms with Crippen LogP contribution in [0, 0.1) is 0 Å². The maximum atomic E-state index is 10.5. The molecule has 0 saturated heterocycles. The molecule has 2 aromatic heterocycles. The number of H-pyrrole nitrogens is 1. The van der Waals surface area contributed by atoms with Gasteiger partial charge >= 0.3 is 0 Å². The first kappa shape index (κ1) is 16.3. The van der Waals surface area contributed by atoms with E-state index in [1.54, 1.807) is 0 Å². The van der Waals surface area contributed by atoms with Crippen LogP contribution in [0.25, 0.3) is 45.2 Å². The maximum absolute atomic E-state index is 10.5. The van der Waals surface area contributed by atoms with Crippen LogP contribution in [-0.4, -0.2) is 15.1 Å². The Hall–Kier alpha value is -3.85. The van der Waals surface area contributed by atoms with E-state index in [9.17, 15) is 5.11 Å². The van der Waals surface area contributed by atoms with Crippen LogP contribution in [0.15, 0.2) is 84.9 Å². The third-order valence-corrected chi connectivity index (χ3v) is 4.93. The summed E-state index contributed by atoms with van der Waals surface area (Å²) in [5.41, 5.74) is 5.50. The summed E-state index contributed by atoms with van der Waals surface area (Å²) in [6, 6.07) is 28.3. The number of aromatic hydroxyl groups is 1. The fourth-order valence-corrected chi connectivity index (χ4v) is 3.52. The average Bonchev–Trinajstić information content (AvgIpc) is 3.07. The Morgan fingerprint density at radius 1 is 0.750 bits per heavy atom. The maximum Gasteiger partial charge on any atom is 0.199 e. The topological polar surface area (TPSA) is 48.9 Å². The summed E-state index contributed by atoms with van der Waals surface area (Å²) < 4.78 is 0. The van der Waals surface area contributed by atoms with Crippen molar-refractivity contribution in [3.63, 3.8) is 0 Å². The zero-order chi connectivity index (χ0) is 18.9. The highest BCUT2D eigenvalue weighted by molar-refractivity contribution is 6.00. The van der Waals surface area contributed by atoms with Gasteiger partial charge in [-0.25, -0.2) is 4.98 Å². The quantitative estimate of drug-likeness (QED) is 0.372. The third kappa shape index (κ3) is 2.93. The molecule has 0 bridgehead atoms. The number of benzene rings is 3. The summed E-state index contributed by atoms with van der Waals surface area (Å²) in [7, 11) is 0. The van der Waals surface area contributed by atoms with Crippen molar-refractivity contribution in [1.29, 1.82) is 0 Å². The molecule has 2 heterocycles. The van der Waals surface area contributed by atoms with E-state index in [0.717, 1.165) is 44.2 Å². The van der Waals surface area contributed by atoms with Gasteiger partial charge < -0.3 is 10.1 Å². The standard InChI is InChI=1S/C25H18N2O/c28-25-24(23-15-13-19-8-4-5-9-21(19)26-23)20-16-18(12-14-22(20)27-25)11-10-17-6-2-1-3-7-17/h1-16,27-28H. The van der Waals surface area contributed by atoms with Crippen LogP contribution < -0.4 is 0 Å². The molecule has 0 aliphatic rings. The fraction of sp³-hybridized carbons (Fsp3) is 0. The number of hydrogen-bond donors (Lipinski definition) is 2. The van der Waals surface area contributed by atoms with Crippen LogP contribution in [0.1, 0.15) is 11.1 Å². The number of rotatable bonds is 3. The highest BCUT2D eigenvalue weighted by Crippen LogP contribution is 2.37. The molecule has 0 aliphatic heterocycles. The van der Waals surface area contributed by atoms with Gasteiger partial charge in [-0.15, -0.1) is 0 Å². The monoisotopic (exact) mass is 362 g/mol. The zero-order valence-corrected chi connectivity index (χ0v) is 15.1. The SMILES string of the molecule is Oc1[nH]c2ccc(C=Cc3ccccc3)cc2c1-c1ccc2ccccc2n1. The highest BCUT2D eigenvalue weighted by atomic mass is 16.3. The summed E-state index contributed by atoms with van der Waals surface area (Å²) >= 11 is 0. The minimum atomic E-state index is 0.141. The lowest BCUT2D eigenvalue weighted by atomic mass is 10.0. The first-order valence-electron chi connectivity index (χ1n) is 9.22. The zero-order valence-electron chi connectivity index (χ0n) is 15.1. The Morgan fingerprint density at radius 2 is 1.54 bits per heavy atom. The van der Waals surface area contributed by atoms with E-state index in [-0.39, 0.29) is 5.88 Å². The molecule has 28 heavy (non-hydrogen) atoms.